The first kappa shape index (κ1) is 30.9. The van der Waals surface area contributed by atoms with Crippen molar-refractivity contribution in [3.63, 3.8) is 0 Å². The van der Waals surface area contributed by atoms with Gasteiger partial charge < -0.3 is 0 Å². The standard InChI is InChI=1S/C37H24Cl4N4O2/c38-27-18-16-25(20-29(27)40)44-36(46)32(34(42-44)23-12-6-2-7-13-23)31(22-10-4-1-5-11-22)33-35(24-14-8-3-9-15-24)43-45(37(33)47)26-17-19-28(39)30(41)21-26/h1-21,31,42-43H. The van der Waals surface area contributed by atoms with Gasteiger partial charge in [-0.05, 0) is 53.1 Å². The predicted molar refractivity (Wildman–Crippen MR) is 191 cm³/mol. The number of benzene rings is 5. The van der Waals surface area contributed by atoms with Crippen molar-refractivity contribution in [3.05, 3.63) is 185 Å². The van der Waals surface area contributed by atoms with Gasteiger partial charge in [0.05, 0.1) is 54.0 Å². The molecular weight excluding hydrogens is 674 g/mol. The Hall–Kier alpha value is -4.72. The van der Waals surface area contributed by atoms with Crippen LogP contribution >= 0.6 is 46.4 Å². The second-order valence-electron chi connectivity index (χ2n) is 10.9. The number of hydrogen-bond donors (Lipinski definition) is 2. The molecular formula is C37H24Cl4N4O2. The van der Waals surface area contributed by atoms with Crippen molar-refractivity contribution in [1.29, 1.82) is 0 Å². The molecule has 2 heterocycles. The van der Waals surface area contributed by atoms with Crippen molar-refractivity contribution in [3.8, 4) is 33.9 Å². The van der Waals surface area contributed by atoms with Crippen molar-refractivity contribution < 1.29 is 0 Å². The minimum atomic E-state index is -0.817. The molecule has 7 aromatic rings. The Morgan fingerprint density at radius 2 is 0.851 bits per heavy atom. The highest BCUT2D eigenvalue weighted by Crippen LogP contribution is 2.39. The lowest BCUT2D eigenvalue weighted by molar-refractivity contribution is 0.837. The summed E-state index contributed by atoms with van der Waals surface area (Å²) in [5.74, 6) is -0.817. The van der Waals surface area contributed by atoms with Gasteiger partial charge >= 0.3 is 0 Å². The average molecular weight is 698 g/mol. The first-order chi connectivity index (χ1) is 22.8. The Morgan fingerprint density at radius 3 is 1.23 bits per heavy atom. The van der Waals surface area contributed by atoms with Crippen molar-refractivity contribution in [2.75, 3.05) is 0 Å². The minimum absolute atomic E-state index is 0.301. The van der Waals surface area contributed by atoms with Gasteiger partial charge in [0.15, 0.2) is 0 Å². The first-order valence-corrected chi connectivity index (χ1v) is 16.1. The highest BCUT2D eigenvalue weighted by molar-refractivity contribution is 6.42. The number of nitrogens with zero attached hydrogens (tertiary/aromatic N) is 2. The monoisotopic (exact) mass is 696 g/mol. The van der Waals surface area contributed by atoms with Crippen LogP contribution in [0, 0.1) is 0 Å². The van der Waals surface area contributed by atoms with Gasteiger partial charge in [0.25, 0.3) is 11.1 Å². The molecule has 6 nitrogen and oxygen atoms in total. The van der Waals surface area contributed by atoms with E-state index in [1.165, 1.54) is 9.36 Å². The maximum Gasteiger partial charge on any atom is 0.276 e. The fraction of sp³-hybridized carbons (Fsp3) is 0.0270. The van der Waals surface area contributed by atoms with E-state index in [1.807, 2.05) is 91.0 Å². The predicted octanol–water partition coefficient (Wildman–Crippen LogP) is 9.77. The molecule has 0 spiro atoms. The van der Waals surface area contributed by atoms with Crippen LogP contribution in [0.15, 0.2) is 137 Å². The first-order valence-electron chi connectivity index (χ1n) is 14.6. The molecule has 0 amide bonds. The fourth-order valence-corrected chi connectivity index (χ4v) is 6.41. The van der Waals surface area contributed by atoms with Crippen LogP contribution in [0.25, 0.3) is 33.9 Å². The lowest BCUT2D eigenvalue weighted by Gasteiger charge is -2.17. The summed E-state index contributed by atoms with van der Waals surface area (Å²) < 4.78 is 2.87. The third-order valence-electron chi connectivity index (χ3n) is 8.01. The van der Waals surface area contributed by atoms with Gasteiger partial charge in [-0.25, -0.2) is 9.36 Å². The van der Waals surface area contributed by atoms with Gasteiger partial charge in [0, 0.05) is 5.92 Å². The van der Waals surface area contributed by atoms with Crippen LogP contribution in [0.3, 0.4) is 0 Å². The van der Waals surface area contributed by atoms with E-state index in [4.69, 9.17) is 46.4 Å². The van der Waals surface area contributed by atoms with Crippen LogP contribution in [0.1, 0.15) is 22.6 Å². The molecule has 2 aromatic heterocycles. The SMILES string of the molecule is O=c1c(C(c2ccccc2)c2c(-c3ccccc3)[nH]n(-c3ccc(Cl)c(Cl)c3)c2=O)c(-c2ccccc2)[nH]n1-c1ccc(Cl)c(Cl)c1. The second kappa shape index (κ2) is 12.8. The summed E-state index contributed by atoms with van der Waals surface area (Å²) in [5.41, 5.74) is 4.42. The molecule has 0 aliphatic carbocycles. The van der Waals surface area contributed by atoms with Crippen molar-refractivity contribution in [1.82, 2.24) is 19.6 Å². The lowest BCUT2D eigenvalue weighted by Crippen LogP contribution is -2.25. The maximum absolute atomic E-state index is 14.8. The number of nitrogens with one attached hydrogen (secondary N) is 2. The maximum atomic E-state index is 14.8. The van der Waals surface area contributed by atoms with Gasteiger partial charge in [0.1, 0.15) is 0 Å². The van der Waals surface area contributed by atoms with E-state index in [9.17, 15) is 9.59 Å². The summed E-state index contributed by atoms with van der Waals surface area (Å²) in [4.78, 5) is 29.5. The van der Waals surface area contributed by atoms with Crippen molar-refractivity contribution >= 4 is 46.4 Å². The van der Waals surface area contributed by atoms with Crippen LogP contribution in [0.5, 0.6) is 0 Å². The normalized spacial score (nSPS) is 11.3. The number of aromatic amines is 2. The molecule has 7 rings (SSSR count). The molecule has 232 valence electrons. The van der Waals surface area contributed by atoms with E-state index >= 15 is 0 Å². The summed E-state index contributed by atoms with van der Waals surface area (Å²) in [7, 11) is 0. The summed E-state index contributed by atoms with van der Waals surface area (Å²) in [6.07, 6.45) is 0. The van der Waals surface area contributed by atoms with Gasteiger partial charge in [-0.1, -0.05) is 137 Å². The highest BCUT2D eigenvalue weighted by Gasteiger charge is 2.33. The van der Waals surface area contributed by atoms with E-state index in [2.05, 4.69) is 10.2 Å². The molecule has 0 unspecified atom stereocenters. The molecule has 10 heteroatoms. The molecule has 0 bridgehead atoms. The molecule has 47 heavy (non-hydrogen) atoms. The van der Waals surface area contributed by atoms with E-state index in [-0.39, 0.29) is 11.1 Å². The topological polar surface area (TPSA) is 75.6 Å². The van der Waals surface area contributed by atoms with E-state index in [0.717, 1.165) is 16.7 Å². The molecule has 0 fully saturated rings. The fourth-order valence-electron chi connectivity index (χ4n) is 5.82. The van der Waals surface area contributed by atoms with Gasteiger partial charge in [-0.2, -0.15) is 0 Å². The number of hydrogen-bond acceptors (Lipinski definition) is 2. The van der Waals surface area contributed by atoms with Crippen molar-refractivity contribution in [2.45, 2.75) is 5.92 Å². The quantitative estimate of drug-likeness (QED) is 0.174. The second-order valence-corrected chi connectivity index (χ2v) is 12.5. The number of H-pyrrole nitrogens is 2. The summed E-state index contributed by atoms with van der Waals surface area (Å²) >= 11 is 25.3. The Morgan fingerprint density at radius 1 is 0.468 bits per heavy atom. The van der Waals surface area contributed by atoms with E-state index < -0.39 is 5.92 Å². The Kier molecular flexibility index (Phi) is 8.43. The molecule has 0 aliphatic heterocycles. The van der Waals surface area contributed by atoms with E-state index in [1.54, 1.807) is 36.4 Å². The molecule has 2 N–H and O–H groups in total. The van der Waals surface area contributed by atoms with Crippen LogP contribution in [-0.2, 0) is 0 Å². The summed E-state index contributed by atoms with van der Waals surface area (Å²) in [6.45, 7) is 0. The Bertz CT molecular complexity index is 2200. The largest absolute Gasteiger partial charge is 0.290 e. The third-order valence-corrected chi connectivity index (χ3v) is 9.49. The lowest BCUT2D eigenvalue weighted by atomic mass is 9.83. The molecule has 0 saturated heterocycles. The average Bonchev–Trinajstić information content (AvgIpc) is 3.62. The number of halogens is 4. The zero-order valence-electron chi connectivity index (χ0n) is 24.4. The van der Waals surface area contributed by atoms with Crippen molar-refractivity contribution in [2.24, 2.45) is 0 Å². The van der Waals surface area contributed by atoms with Crippen LogP contribution < -0.4 is 11.1 Å². The van der Waals surface area contributed by atoms with Crippen LogP contribution in [0.4, 0.5) is 0 Å². The van der Waals surface area contributed by atoms with Crippen LogP contribution in [0.2, 0.25) is 20.1 Å². The summed E-state index contributed by atoms with van der Waals surface area (Å²) in [5, 5.41) is 7.99. The van der Waals surface area contributed by atoms with Crippen LogP contribution in [-0.4, -0.2) is 19.6 Å². The zero-order valence-corrected chi connectivity index (χ0v) is 27.4. The minimum Gasteiger partial charge on any atom is -0.290 e. The van der Waals surface area contributed by atoms with E-state index in [0.29, 0.717) is 54.0 Å². The van der Waals surface area contributed by atoms with Gasteiger partial charge in [-0.3, -0.25) is 19.8 Å². The highest BCUT2D eigenvalue weighted by atomic mass is 35.5. The smallest absolute Gasteiger partial charge is 0.276 e. The molecule has 0 aliphatic rings. The molecule has 5 aromatic carbocycles. The Balaban J connectivity index is 1.59. The number of rotatable bonds is 7. The Labute approximate surface area is 289 Å². The van der Waals surface area contributed by atoms with Gasteiger partial charge in [0.2, 0.25) is 0 Å². The summed E-state index contributed by atoms with van der Waals surface area (Å²) in [6, 6.07) is 38.5. The number of aromatic nitrogens is 4. The molecule has 0 atom stereocenters. The zero-order chi connectivity index (χ0) is 32.7. The third kappa shape index (κ3) is 5.75. The molecule has 0 saturated carbocycles. The molecule has 0 radical (unpaired) electrons. The van der Waals surface area contributed by atoms with Gasteiger partial charge in [-0.15, -0.1) is 0 Å².